The van der Waals surface area contributed by atoms with Crippen LogP contribution in [0.4, 0.5) is 0 Å². The van der Waals surface area contributed by atoms with E-state index in [4.69, 9.17) is 0 Å². The van der Waals surface area contributed by atoms with E-state index in [9.17, 15) is 9.90 Å². The highest BCUT2D eigenvalue weighted by Crippen LogP contribution is 2.34. The summed E-state index contributed by atoms with van der Waals surface area (Å²) in [4.78, 5) is 13.5. The third kappa shape index (κ3) is 3.46. The summed E-state index contributed by atoms with van der Waals surface area (Å²) in [6.07, 6.45) is 8.31. The van der Waals surface area contributed by atoms with E-state index in [-0.39, 0.29) is 6.04 Å². The Hall–Kier alpha value is -1.35. The highest BCUT2D eigenvalue weighted by molar-refractivity contribution is 5.73. The van der Waals surface area contributed by atoms with E-state index in [0.717, 1.165) is 38.3 Å². The summed E-state index contributed by atoms with van der Waals surface area (Å²) in [6.45, 7) is 1.67. The van der Waals surface area contributed by atoms with E-state index in [1.54, 1.807) is 0 Å². The number of carboxylic acids is 1. The second-order valence-corrected chi connectivity index (χ2v) is 6.54. The van der Waals surface area contributed by atoms with Crippen molar-refractivity contribution in [1.82, 2.24) is 4.90 Å². The first kappa shape index (κ1) is 14.6. The van der Waals surface area contributed by atoms with Crippen molar-refractivity contribution in [2.45, 2.75) is 63.5 Å². The van der Waals surface area contributed by atoms with E-state index >= 15 is 0 Å². The molecule has 1 aliphatic carbocycles. The Kier molecular flexibility index (Phi) is 4.59. The average Bonchev–Trinajstić information content (AvgIpc) is 3.03. The van der Waals surface area contributed by atoms with Gasteiger partial charge in [0.25, 0.3) is 0 Å². The monoisotopic (exact) mass is 287 g/mol. The third-order valence-corrected chi connectivity index (χ3v) is 5.09. The molecule has 3 nitrogen and oxygen atoms in total. The van der Waals surface area contributed by atoms with Crippen LogP contribution in [0.3, 0.4) is 0 Å². The van der Waals surface area contributed by atoms with Crippen molar-refractivity contribution in [3.05, 3.63) is 35.4 Å². The van der Waals surface area contributed by atoms with Crippen LogP contribution < -0.4 is 0 Å². The quantitative estimate of drug-likeness (QED) is 0.916. The van der Waals surface area contributed by atoms with E-state index in [1.807, 2.05) is 0 Å². The fourth-order valence-electron chi connectivity index (χ4n) is 3.85. The summed E-state index contributed by atoms with van der Waals surface area (Å²) in [5.74, 6) is 0.0816. The SMILES string of the molecule is O=C(O)C1CCCCN1Cc1ccc(C2CCCC2)cc1. The topological polar surface area (TPSA) is 40.5 Å². The second kappa shape index (κ2) is 6.61. The predicted octanol–water partition coefficient (Wildman–Crippen LogP) is 3.78. The van der Waals surface area contributed by atoms with Gasteiger partial charge in [0.05, 0.1) is 0 Å². The van der Waals surface area contributed by atoms with Crippen LogP contribution in [0.2, 0.25) is 0 Å². The van der Waals surface area contributed by atoms with Gasteiger partial charge < -0.3 is 5.11 Å². The molecule has 0 aromatic heterocycles. The lowest BCUT2D eigenvalue weighted by molar-refractivity contribution is -0.144. The first-order valence-electron chi connectivity index (χ1n) is 8.30. The molecular formula is C18H25NO2. The van der Waals surface area contributed by atoms with Gasteiger partial charge in [-0.2, -0.15) is 0 Å². The van der Waals surface area contributed by atoms with Crippen LogP contribution in [0.5, 0.6) is 0 Å². The zero-order valence-electron chi connectivity index (χ0n) is 12.6. The summed E-state index contributed by atoms with van der Waals surface area (Å²) in [5, 5.41) is 9.33. The van der Waals surface area contributed by atoms with Crippen molar-refractivity contribution < 1.29 is 9.90 Å². The van der Waals surface area contributed by atoms with Gasteiger partial charge in [-0.3, -0.25) is 9.69 Å². The fraction of sp³-hybridized carbons (Fsp3) is 0.611. The minimum absolute atomic E-state index is 0.298. The van der Waals surface area contributed by atoms with Crippen LogP contribution in [-0.4, -0.2) is 28.6 Å². The van der Waals surface area contributed by atoms with Crippen LogP contribution in [0.15, 0.2) is 24.3 Å². The minimum Gasteiger partial charge on any atom is -0.480 e. The molecule has 0 bridgehead atoms. The highest BCUT2D eigenvalue weighted by Gasteiger charge is 2.28. The van der Waals surface area contributed by atoms with Gasteiger partial charge in [-0.25, -0.2) is 0 Å². The smallest absolute Gasteiger partial charge is 0.320 e. The van der Waals surface area contributed by atoms with Gasteiger partial charge in [-0.1, -0.05) is 43.5 Å². The summed E-state index contributed by atoms with van der Waals surface area (Å²) < 4.78 is 0. The van der Waals surface area contributed by atoms with Crippen LogP contribution in [0.1, 0.15) is 62.0 Å². The number of benzene rings is 1. The second-order valence-electron chi connectivity index (χ2n) is 6.54. The Morgan fingerprint density at radius 3 is 2.38 bits per heavy atom. The lowest BCUT2D eigenvalue weighted by Gasteiger charge is -2.32. The van der Waals surface area contributed by atoms with E-state index < -0.39 is 5.97 Å². The van der Waals surface area contributed by atoms with Crippen molar-refractivity contribution in [1.29, 1.82) is 0 Å². The van der Waals surface area contributed by atoms with Gasteiger partial charge in [-0.15, -0.1) is 0 Å². The molecule has 1 aliphatic heterocycles. The minimum atomic E-state index is -0.669. The Morgan fingerprint density at radius 2 is 1.71 bits per heavy atom. The molecule has 1 N–H and O–H groups in total. The normalized spacial score (nSPS) is 24.3. The van der Waals surface area contributed by atoms with Crippen LogP contribution in [-0.2, 0) is 11.3 Å². The first-order chi connectivity index (χ1) is 10.2. The van der Waals surface area contributed by atoms with Gasteiger partial charge in [0.1, 0.15) is 6.04 Å². The molecule has 3 heteroatoms. The van der Waals surface area contributed by atoms with E-state index in [2.05, 4.69) is 29.2 Å². The number of rotatable bonds is 4. The fourth-order valence-corrected chi connectivity index (χ4v) is 3.85. The van der Waals surface area contributed by atoms with Crippen molar-refractivity contribution in [2.75, 3.05) is 6.54 Å². The lowest BCUT2D eigenvalue weighted by atomic mass is 9.96. The Labute approximate surface area is 127 Å². The van der Waals surface area contributed by atoms with Crippen LogP contribution in [0, 0.1) is 0 Å². The molecule has 0 amide bonds. The molecule has 1 saturated carbocycles. The number of aliphatic carboxylic acids is 1. The molecule has 0 spiro atoms. The number of piperidine rings is 1. The molecule has 1 aromatic carbocycles. The maximum absolute atomic E-state index is 11.3. The summed E-state index contributed by atoms with van der Waals surface area (Å²) in [7, 11) is 0. The standard InChI is InChI=1S/C18H25NO2/c20-18(21)17-7-3-4-12-19(17)13-14-8-10-16(11-9-14)15-5-1-2-6-15/h8-11,15,17H,1-7,12-13H2,(H,20,21). The number of hydrogen-bond acceptors (Lipinski definition) is 2. The van der Waals surface area contributed by atoms with Crippen LogP contribution in [0.25, 0.3) is 0 Å². The largest absolute Gasteiger partial charge is 0.480 e. The van der Waals surface area contributed by atoms with Crippen molar-refractivity contribution in [3.63, 3.8) is 0 Å². The highest BCUT2D eigenvalue weighted by atomic mass is 16.4. The maximum atomic E-state index is 11.3. The van der Waals surface area contributed by atoms with Gasteiger partial charge in [0.2, 0.25) is 0 Å². The molecule has 1 unspecified atom stereocenters. The van der Waals surface area contributed by atoms with Crippen molar-refractivity contribution in [3.8, 4) is 0 Å². The number of nitrogens with zero attached hydrogens (tertiary/aromatic N) is 1. The molecule has 1 aromatic rings. The predicted molar refractivity (Wildman–Crippen MR) is 83.3 cm³/mol. The van der Waals surface area contributed by atoms with Crippen molar-refractivity contribution >= 4 is 5.97 Å². The molecule has 114 valence electrons. The molecule has 21 heavy (non-hydrogen) atoms. The zero-order chi connectivity index (χ0) is 14.7. The van der Waals surface area contributed by atoms with Crippen LogP contribution >= 0.6 is 0 Å². The molecule has 1 saturated heterocycles. The van der Waals surface area contributed by atoms with Gasteiger partial charge in [-0.05, 0) is 49.3 Å². The summed E-state index contributed by atoms with van der Waals surface area (Å²) >= 11 is 0. The molecule has 2 fully saturated rings. The number of carbonyl (C=O) groups is 1. The van der Waals surface area contributed by atoms with Crippen molar-refractivity contribution in [2.24, 2.45) is 0 Å². The summed E-state index contributed by atoms with van der Waals surface area (Å²) in [6, 6.07) is 8.60. The number of carboxylic acid groups (broad SMARTS) is 1. The summed E-state index contributed by atoms with van der Waals surface area (Å²) in [5.41, 5.74) is 2.70. The Balaban J connectivity index is 1.65. The number of likely N-dealkylation sites (tertiary alicyclic amines) is 1. The molecular weight excluding hydrogens is 262 g/mol. The Morgan fingerprint density at radius 1 is 1.05 bits per heavy atom. The maximum Gasteiger partial charge on any atom is 0.320 e. The number of hydrogen-bond donors (Lipinski definition) is 1. The van der Waals surface area contributed by atoms with Gasteiger partial charge in [0.15, 0.2) is 0 Å². The molecule has 1 atom stereocenters. The van der Waals surface area contributed by atoms with Gasteiger partial charge in [0, 0.05) is 6.54 Å². The zero-order valence-corrected chi connectivity index (χ0v) is 12.6. The molecule has 2 aliphatic rings. The Bertz CT molecular complexity index is 476. The average molecular weight is 287 g/mol. The van der Waals surface area contributed by atoms with E-state index in [1.165, 1.54) is 36.8 Å². The third-order valence-electron chi connectivity index (χ3n) is 5.09. The van der Waals surface area contributed by atoms with Gasteiger partial charge >= 0.3 is 5.97 Å². The first-order valence-corrected chi connectivity index (χ1v) is 8.30. The molecule has 1 heterocycles. The molecule has 3 rings (SSSR count). The lowest BCUT2D eigenvalue weighted by Crippen LogP contribution is -2.43. The molecule has 0 radical (unpaired) electrons. The van der Waals surface area contributed by atoms with E-state index in [0.29, 0.717) is 0 Å².